The van der Waals surface area contributed by atoms with E-state index in [1.54, 1.807) is 0 Å². The molecule has 9 heteroatoms. The van der Waals surface area contributed by atoms with Crippen LogP contribution in [0.15, 0.2) is 72.9 Å². The number of ether oxygens (including phenoxy) is 2. The Morgan fingerprint density at radius 1 is 0.515 bits per heavy atom. The fourth-order valence-corrected chi connectivity index (χ4v) is 8.64. The molecule has 1 saturated heterocycles. The van der Waals surface area contributed by atoms with Crippen LogP contribution in [0.3, 0.4) is 0 Å². The first-order valence-corrected chi connectivity index (χ1v) is 28.1. The zero-order valence-electron chi connectivity index (χ0n) is 43.6. The van der Waals surface area contributed by atoms with Gasteiger partial charge in [0, 0.05) is 6.42 Å². The fourth-order valence-electron chi connectivity index (χ4n) is 8.64. The summed E-state index contributed by atoms with van der Waals surface area (Å²) in [7, 11) is 0. The van der Waals surface area contributed by atoms with Gasteiger partial charge in [-0.2, -0.15) is 0 Å². The number of unbranched alkanes of at least 4 members (excludes halogenated alkanes) is 25. The molecule has 68 heavy (non-hydrogen) atoms. The van der Waals surface area contributed by atoms with Gasteiger partial charge in [-0.25, -0.2) is 0 Å². The van der Waals surface area contributed by atoms with E-state index in [0.29, 0.717) is 12.8 Å². The minimum Gasteiger partial charge on any atom is -0.394 e. The van der Waals surface area contributed by atoms with Crippen LogP contribution in [0.25, 0.3) is 0 Å². The van der Waals surface area contributed by atoms with Crippen molar-refractivity contribution < 1.29 is 39.8 Å². The highest BCUT2D eigenvalue weighted by Gasteiger charge is 2.44. The first-order valence-electron chi connectivity index (χ1n) is 28.1. The molecular weight excluding hydrogens is 851 g/mol. The standard InChI is InChI=1S/C59H105NO8/c1-3-5-7-9-11-13-15-17-19-21-23-25-26-27-28-29-31-33-35-37-39-41-43-45-47-49-55(63)60-52(51-67-59-58(66)57(65)56(64)54(50-61)68-59)53(62)48-46-44-42-40-38-36-34-32-30-24-22-20-18-16-14-12-10-8-6-4-2/h5,7,11,13,17,19,23,25,27-28,31,33,52-54,56-59,61-62,64-66H,3-4,6,8-10,12,14-16,18,20-22,24,26,29-30,32,34-51H2,1-2H3,(H,60,63)/b7-5-,13-11-,19-17-,25-23-,28-27-,33-31-. The van der Waals surface area contributed by atoms with E-state index in [0.717, 1.165) is 96.3 Å². The first-order chi connectivity index (χ1) is 33.3. The molecule has 394 valence electrons. The van der Waals surface area contributed by atoms with E-state index in [9.17, 15) is 30.3 Å². The fraction of sp³-hybridized carbons (Fsp3) is 0.780. The second-order valence-corrected chi connectivity index (χ2v) is 19.4. The van der Waals surface area contributed by atoms with Crippen LogP contribution in [0, 0.1) is 0 Å². The highest BCUT2D eigenvalue weighted by Crippen LogP contribution is 2.23. The van der Waals surface area contributed by atoms with E-state index in [2.05, 4.69) is 92.1 Å². The van der Waals surface area contributed by atoms with Gasteiger partial charge < -0.3 is 40.3 Å². The minimum absolute atomic E-state index is 0.147. The van der Waals surface area contributed by atoms with Crippen LogP contribution in [-0.2, 0) is 14.3 Å². The van der Waals surface area contributed by atoms with Crippen LogP contribution in [0.1, 0.15) is 239 Å². The maximum Gasteiger partial charge on any atom is 0.220 e. The summed E-state index contributed by atoms with van der Waals surface area (Å²) in [4.78, 5) is 13.1. The third kappa shape index (κ3) is 37.5. The molecule has 0 aromatic rings. The smallest absolute Gasteiger partial charge is 0.220 e. The molecule has 0 bridgehead atoms. The van der Waals surface area contributed by atoms with E-state index in [1.807, 2.05) is 0 Å². The molecule has 0 aliphatic carbocycles. The van der Waals surface area contributed by atoms with Gasteiger partial charge in [-0.1, -0.05) is 241 Å². The second kappa shape index (κ2) is 48.3. The SMILES string of the molecule is CC/C=C\C/C=C\C/C=C\C/C=C\C/C=C\C/C=C\CCCCCCCCC(=O)NC(COC1OC(CO)C(O)C(O)C1O)C(O)CCCCCCCCCCCCCCCCCCCCCC. The average Bonchev–Trinajstić information content (AvgIpc) is 3.34. The molecule has 1 amide bonds. The lowest BCUT2D eigenvalue weighted by atomic mass is 9.99. The highest BCUT2D eigenvalue weighted by atomic mass is 16.7. The predicted octanol–water partition coefficient (Wildman–Crippen LogP) is 13.7. The minimum atomic E-state index is -1.56. The van der Waals surface area contributed by atoms with Crippen molar-refractivity contribution in [3.05, 3.63) is 72.9 Å². The number of aliphatic hydroxyl groups excluding tert-OH is 5. The number of carbonyl (C=O) groups excluding carboxylic acids is 1. The first kappa shape index (κ1) is 63.6. The Morgan fingerprint density at radius 2 is 0.912 bits per heavy atom. The molecule has 7 atom stereocenters. The second-order valence-electron chi connectivity index (χ2n) is 19.4. The molecule has 1 fully saturated rings. The number of rotatable bonds is 47. The molecule has 1 rings (SSSR count). The Balaban J connectivity index is 2.25. The Bertz CT molecular complexity index is 1290. The number of hydrogen-bond donors (Lipinski definition) is 6. The molecule has 1 aliphatic rings. The quantitative estimate of drug-likeness (QED) is 0.0261. The van der Waals surface area contributed by atoms with Crippen LogP contribution < -0.4 is 5.32 Å². The van der Waals surface area contributed by atoms with E-state index >= 15 is 0 Å². The predicted molar refractivity (Wildman–Crippen MR) is 285 cm³/mol. The highest BCUT2D eigenvalue weighted by molar-refractivity contribution is 5.76. The van der Waals surface area contributed by atoms with Gasteiger partial charge in [0.1, 0.15) is 24.4 Å². The lowest BCUT2D eigenvalue weighted by molar-refractivity contribution is -0.302. The molecule has 6 N–H and O–H groups in total. The Labute approximate surface area is 417 Å². The number of hydrogen-bond acceptors (Lipinski definition) is 8. The lowest BCUT2D eigenvalue weighted by Crippen LogP contribution is -2.60. The largest absolute Gasteiger partial charge is 0.394 e. The summed E-state index contributed by atoms with van der Waals surface area (Å²) < 4.78 is 11.3. The van der Waals surface area contributed by atoms with Gasteiger partial charge in [0.25, 0.3) is 0 Å². The van der Waals surface area contributed by atoms with Crippen LogP contribution in [0.2, 0.25) is 0 Å². The lowest BCUT2D eigenvalue weighted by Gasteiger charge is -2.40. The molecule has 9 nitrogen and oxygen atoms in total. The third-order valence-corrected chi connectivity index (χ3v) is 13.1. The van der Waals surface area contributed by atoms with Crippen molar-refractivity contribution in [2.24, 2.45) is 0 Å². The number of carbonyl (C=O) groups is 1. The number of amides is 1. The Morgan fingerprint density at radius 3 is 1.35 bits per heavy atom. The van der Waals surface area contributed by atoms with Gasteiger partial charge in [-0.15, -0.1) is 0 Å². The number of allylic oxidation sites excluding steroid dienone is 12. The van der Waals surface area contributed by atoms with Gasteiger partial charge in [0.05, 0.1) is 25.4 Å². The number of aliphatic hydroxyl groups is 5. The van der Waals surface area contributed by atoms with Crippen molar-refractivity contribution >= 4 is 5.91 Å². The zero-order chi connectivity index (χ0) is 49.4. The molecule has 7 unspecified atom stereocenters. The monoisotopic (exact) mass is 956 g/mol. The molecule has 1 heterocycles. The molecular formula is C59H105NO8. The van der Waals surface area contributed by atoms with Crippen molar-refractivity contribution in [3.8, 4) is 0 Å². The molecule has 0 radical (unpaired) electrons. The van der Waals surface area contributed by atoms with Crippen molar-refractivity contribution in [2.75, 3.05) is 13.2 Å². The van der Waals surface area contributed by atoms with Gasteiger partial charge >= 0.3 is 0 Å². The van der Waals surface area contributed by atoms with Crippen LogP contribution >= 0.6 is 0 Å². The summed E-state index contributed by atoms with van der Waals surface area (Å²) in [6, 6.07) is -0.732. The van der Waals surface area contributed by atoms with Crippen LogP contribution in [0.4, 0.5) is 0 Å². The maximum absolute atomic E-state index is 13.1. The van der Waals surface area contributed by atoms with Crippen LogP contribution in [-0.4, -0.2) is 87.5 Å². The van der Waals surface area contributed by atoms with Gasteiger partial charge in [-0.3, -0.25) is 4.79 Å². The number of nitrogens with one attached hydrogen (secondary N) is 1. The topological polar surface area (TPSA) is 149 Å². The summed E-state index contributed by atoms with van der Waals surface area (Å²) in [6.45, 7) is 3.73. The molecule has 0 saturated carbocycles. The van der Waals surface area contributed by atoms with Crippen LogP contribution in [0.5, 0.6) is 0 Å². The normalized spacial score (nSPS) is 20.1. The van der Waals surface area contributed by atoms with Gasteiger partial charge in [0.2, 0.25) is 5.91 Å². The Hall–Kier alpha value is -2.37. The maximum atomic E-state index is 13.1. The summed E-state index contributed by atoms with van der Waals surface area (Å²) in [5, 5.41) is 54.7. The zero-order valence-corrected chi connectivity index (χ0v) is 43.6. The van der Waals surface area contributed by atoms with Crippen molar-refractivity contribution in [3.63, 3.8) is 0 Å². The molecule has 0 aromatic carbocycles. The van der Waals surface area contributed by atoms with Crippen molar-refractivity contribution in [1.29, 1.82) is 0 Å². The Kier molecular flexibility index (Phi) is 45.2. The molecule has 0 spiro atoms. The summed E-state index contributed by atoms with van der Waals surface area (Å²) >= 11 is 0. The summed E-state index contributed by atoms with van der Waals surface area (Å²) in [6.07, 6.45) is 59.1. The van der Waals surface area contributed by atoms with E-state index < -0.39 is 49.5 Å². The van der Waals surface area contributed by atoms with Gasteiger partial charge in [-0.05, 0) is 64.2 Å². The van der Waals surface area contributed by atoms with Crippen molar-refractivity contribution in [1.82, 2.24) is 5.32 Å². The van der Waals surface area contributed by atoms with Gasteiger partial charge in [0.15, 0.2) is 6.29 Å². The summed E-state index contributed by atoms with van der Waals surface area (Å²) in [5.74, 6) is -0.160. The molecule has 0 aromatic heterocycles. The average molecular weight is 956 g/mol. The van der Waals surface area contributed by atoms with Crippen molar-refractivity contribution in [2.45, 2.75) is 281 Å². The van der Waals surface area contributed by atoms with E-state index in [4.69, 9.17) is 9.47 Å². The van der Waals surface area contributed by atoms with E-state index in [1.165, 1.54) is 116 Å². The summed E-state index contributed by atoms with van der Waals surface area (Å²) in [5.41, 5.74) is 0. The van der Waals surface area contributed by atoms with E-state index in [-0.39, 0.29) is 12.5 Å². The third-order valence-electron chi connectivity index (χ3n) is 13.1. The molecule has 1 aliphatic heterocycles.